The van der Waals surface area contributed by atoms with Crippen LogP contribution in [-0.4, -0.2) is 19.9 Å². The molecule has 0 radical (unpaired) electrons. The first kappa shape index (κ1) is 20.5. The van der Waals surface area contributed by atoms with Gasteiger partial charge in [-0.2, -0.15) is 0 Å². The van der Waals surface area contributed by atoms with Crippen molar-refractivity contribution in [2.75, 3.05) is 0 Å². The first-order chi connectivity index (χ1) is 19.8. The predicted octanol–water partition coefficient (Wildman–Crippen LogP) is 9.08. The van der Waals surface area contributed by atoms with Gasteiger partial charge in [0, 0.05) is 32.3 Å². The average molecular weight is 507 g/mol. The van der Waals surface area contributed by atoms with Crippen LogP contribution in [0.2, 0.25) is 0 Å². The lowest BCUT2D eigenvalue weighted by molar-refractivity contribution is 1.42. The third-order valence-electron chi connectivity index (χ3n) is 8.46. The van der Waals surface area contributed by atoms with Crippen molar-refractivity contribution in [1.82, 2.24) is 19.9 Å². The van der Waals surface area contributed by atoms with Crippen LogP contribution in [0.5, 0.6) is 0 Å². The maximum absolute atomic E-state index is 5.24. The summed E-state index contributed by atoms with van der Waals surface area (Å²) in [5, 5.41) is 11.4. The van der Waals surface area contributed by atoms with Crippen LogP contribution < -0.4 is 0 Å². The Morgan fingerprint density at radius 1 is 0.300 bits per heavy atom. The zero-order valence-electron chi connectivity index (χ0n) is 21.2. The molecule has 182 valence electrons. The number of rotatable bonds is 0. The summed E-state index contributed by atoms with van der Waals surface area (Å²) in [5.74, 6) is 0. The third kappa shape index (κ3) is 2.55. The number of nitrogens with zero attached hydrogens (tertiary/aromatic N) is 4. The second kappa shape index (κ2) is 7.13. The van der Waals surface area contributed by atoms with E-state index in [4.69, 9.17) is 19.9 Å². The fraction of sp³-hybridized carbons (Fsp3) is 0. The molecule has 8 aromatic carbocycles. The van der Waals surface area contributed by atoms with Crippen LogP contribution in [0.3, 0.4) is 0 Å². The summed E-state index contributed by atoms with van der Waals surface area (Å²) in [7, 11) is 0. The molecule has 0 unspecified atom stereocenters. The second-order valence-corrected chi connectivity index (χ2v) is 10.7. The fourth-order valence-corrected chi connectivity index (χ4v) is 6.67. The molecule has 0 aliphatic carbocycles. The van der Waals surface area contributed by atoms with Crippen molar-refractivity contribution in [3.05, 3.63) is 109 Å². The number of benzene rings is 8. The fourth-order valence-electron chi connectivity index (χ4n) is 6.67. The molecule has 4 heteroatoms. The van der Waals surface area contributed by atoms with Gasteiger partial charge in [0.25, 0.3) is 0 Å². The van der Waals surface area contributed by atoms with Crippen LogP contribution in [0.25, 0.3) is 98.0 Å². The molecule has 10 rings (SSSR count). The van der Waals surface area contributed by atoms with Crippen molar-refractivity contribution in [3.8, 4) is 0 Å². The highest BCUT2D eigenvalue weighted by Crippen LogP contribution is 2.43. The van der Waals surface area contributed by atoms with E-state index in [0.717, 1.165) is 65.7 Å². The summed E-state index contributed by atoms with van der Waals surface area (Å²) >= 11 is 0. The number of fused-ring (bicyclic) bond motifs is 10. The van der Waals surface area contributed by atoms with Crippen molar-refractivity contribution in [2.24, 2.45) is 0 Å². The molecule has 2 aromatic heterocycles. The first-order valence-corrected chi connectivity index (χ1v) is 13.5. The summed E-state index contributed by atoms with van der Waals surface area (Å²) in [6.45, 7) is 0. The quantitative estimate of drug-likeness (QED) is 0.152. The van der Waals surface area contributed by atoms with Crippen LogP contribution in [0.1, 0.15) is 0 Å². The normalized spacial score (nSPS) is 12.5. The first-order valence-electron chi connectivity index (χ1n) is 13.5. The molecule has 10 aromatic rings. The largest absolute Gasteiger partial charge is 0.244 e. The average Bonchev–Trinajstić information content (AvgIpc) is 3.00. The number of aromatic nitrogens is 4. The Hall–Kier alpha value is -5.48. The molecule has 0 amide bonds. The van der Waals surface area contributed by atoms with Crippen LogP contribution in [-0.2, 0) is 0 Å². The van der Waals surface area contributed by atoms with Crippen molar-refractivity contribution < 1.29 is 0 Å². The standard InChI is InChI=1S/C36H18N4/c1-2-8-20-16-28-27(15-19(20)7-1)37-33-23-11-5-13-25-31(23)32-24(34(33)38-28)12-6-14-26(32)36-35(25)39-29-17-21-9-3-4-10-22(21)18-30(29)40-36/h1-18H. The Balaban J connectivity index is 1.44. The molecule has 0 saturated heterocycles. The third-order valence-corrected chi connectivity index (χ3v) is 8.46. The van der Waals surface area contributed by atoms with Gasteiger partial charge in [0.05, 0.1) is 44.1 Å². The van der Waals surface area contributed by atoms with Crippen molar-refractivity contribution in [3.63, 3.8) is 0 Å². The van der Waals surface area contributed by atoms with Gasteiger partial charge >= 0.3 is 0 Å². The molecule has 0 fully saturated rings. The SMILES string of the molecule is c1ccc2cc3nc4c5cccc6c7nc8cc9ccccc9cc8nc7c7cccc(c4nc3cc2c1)c7c56. The smallest absolute Gasteiger partial charge is 0.0979 e. The van der Waals surface area contributed by atoms with Gasteiger partial charge in [-0.25, -0.2) is 19.9 Å². The van der Waals surface area contributed by atoms with Crippen LogP contribution in [0.4, 0.5) is 0 Å². The lowest BCUT2D eigenvalue weighted by Crippen LogP contribution is -1.96. The number of hydrogen-bond acceptors (Lipinski definition) is 4. The minimum absolute atomic E-state index is 0.906. The predicted molar refractivity (Wildman–Crippen MR) is 166 cm³/mol. The Bertz CT molecular complexity index is 2340. The van der Waals surface area contributed by atoms with Crippen molar-refractivity contribution >= 4 is 98.0 Å². The number of hydrogen-bond donors (Lipinski definition) is 0. The molecule has 0 aliphatic rings. The van der Waals surface area contributed by atoms with Crippen LogP contribution in [0.15, 0.2) is 109 Å². The summed E-state index contributed by atoms with van der Waals surface area (Å²) in [4.78, 5) is 21.0. The molecule has 0 aliphatic heterocycles. The van der Waals surface area contributed by atoms with E-state index in [1.54, 1.807) is 0 Å². The van der Waals surface area contributed by atoms with E-state index in [0.29, 0.717) is 0 Å². The molecule has 0 spiro atoms. The van der Waals surface area contributed by atoms with Gasteiger partial charge in [-0.1, -0.05) is 84.9 Å². The molecule has 4 nitrogen and oxygen atoms in total. The van der Waals surface area contributed by atoms with E-state index in [2.05, 4.69) is 109 Å². The monoisotopic (exact) mass is 506 g/mol. The zero-order valence-corrected chi connectivity index (χ0v) is 21.2. The maximum atomic E-state index is 5.24. The van der Waals surface area contributed by atoms with Gasteiger partial charge in [-0.05, 0) is 45.8 Å². The molecule has 0 bridgehead atoms. The van der Waals surface area contributed by atoms with Crippen molar-refractivity contribution in [1.29, 1.82) is 0 Å². The van der Waals surface area contributed by atoms with E-state index in [9.17, 15) is 0 Å². The summed E-state index contributed by atoms with van der Waals surface area (Å²) in [5.41, 5.74) is 7.32. The van der Waals surface area contributed by atoms with Crippen LogP contribution >= 0.6 is 0 Å². The Morgan fingerprint density at radius 2 is 0.575 bits per heavy atom. The van der Waals surface area contributed by atoms with Gasteiger partial charge in [0.1, 0.15) is 0 Å². The Kier molecular flexibility index (Phi) is 3.65. The van der Waals surface area contributed by atoms with E-state index >= 15 is 0 Å². The molecule has 2 heterocycles. The van der Waals surface area contributed by atoms with Gasteiger partial charge in [-0.15, -0.1) is 0 Å². The van der Waals surface area contributed by atoms with Gasteiger partial charge < -0.3 is 0 Å². The molecule has 40 heavy (non-hydrogen) atoms. The molecule has 0 N–H and O–H groups in total. The maximum Gasteiger partial charge on any atom is 0.0979 e. The van der Waals surface area contributed by atoms with Crippen LogP contribution in [0, 0.1) is 0 Å². The highest BCUT2D eigenvalue weighted by Gasteiger charge is 2.20. The topological polar surface area (TPSA) is 51.6 Å². The highest BCUT2D eigenvalue weighted by atomic mass is 14.8. The summed E-state index contributed by atoms with van der Waals surface area (Å²) < 4.78 is 0. The minimum atomic E-state index is 0.906. The molecule has 0 saturated carbocycles. The molecular formula is C36H18N4. The minimum Gasteiger partial charge on any atom is -0.244 e. The van der Waals surface area contributed by atoms with E-state index in [1.165, 1.54) is 32.3 Å². The molecular weight excluding hydrogens is 488 g/mol. The zero-order chi connectivity index (χ0) is 25.9. The molecule has 0 atom stereocenters. The second-order valence-electron chi connectivity index (χ2n) is 10.7. The lowest BCUT2D eigenvalue weighted by atomic mass is 9.91. The van der Waals surface area contributed by atoms with E-state index in [1.807, 2.05) is 0 Å². The summed E-state index contributed by atoms with van der Waals surface area (Å²) in [6, 6.07) is 38.3. The highest BCUT2D eigenvalue weighted by molar-refractivity contribution is 6.38. The lowest BCUT2D eigenvalue weighted by Gasteiger charge is -2.16. The van der Waals surface area contributed by atoms with E-state index < -0.39 is 0 Å². The summed E-state index contributed by atoms with van der Waals surface area (Å²) in [6.07, 6.45) is 0. The van der Waals surface area contributed by atoms with E-state index in [-0.39, 0.29) is 0 Å². The van der Waals surface area contributed by atoms with Crippen molar-refractivity contribution in [2.45, 2.75) is 0 Å². The Morgan fingerprint density at radius 3 is 0.850 bits per heavy atom. The Labute approximate surface area is 226 Å². The van der Waals surface area contributed by atoms with Gasteiger partial charge in [-0.3, -0.25) is 0 Å². The van der Waals surface area contributed by atoms with Gasteiger partial charge in [0.15, 0.2) is 0 Å². The van der Waals surface area contributed by atoms with Gasteiger partial charge in [0.2, 0.25) is 0 Å².